The predicted molar refractivity (Wildman–Crippen MR) is 50.4 cm³/mol. The Morgan fingerprint density at radius 2 is 2.31 bits per heavy atom. The molecule has 0 spiro atoms. The molecule has 1 rings (SSSR count). The lowest BCUT2D eigenvalue weighted by Crippen LogP contribution is -2.05. The van der Waals surface area contributed by atoms with E-state index in [-0.39, 0.29) is 5.97 Å². The number of hydrogen-bond acceptors (Lipinski definition) is 3. The molecule has 0 radical (unpaired) electrons. The molecule has 1 aromatic heterocycles. The number of hydrogen-bond donors (Lipinski definition) is 0. The van der Waals surface area contributed by atoms with Crippen molar-refractivity contribution in [3.05, 3.63) is 35.7 Å². The first-order chi connectivity index (χ1) is 6.19. The molecule has 0 amide bonds. The molecule has 0 atom stereocenters. The van der Waals surface area contributed by atoms with E-state index in [9.17, 15) is 4.79 Å². The number of nitrogens with zero attached hydrogens (tertiary/aromatic N) is 1. The average Bonchev–Trinajstić information content (AvgIpc) is 2.16. The van der Waals surface area contributed by atoms with Crippen molar-refractivity contribution in [1.29, 1.82) is 0 Å². The van der Waals surface area contributed by atoms with Crippen LogP contribution >= 0.6 is 0 Å². The first-order valence-electron chi connectivity index (χ1n) is 3.87. The molecule has 0 aliphatic carbocycles. The van der Waals surface area contributed by atoms with Gasteiger partial charge in [0.1, 0.15) is 0 Å². The van der Waals surface area contributed by atoms with Gasteiger partial charge in [-0.1, -0.05) is 6.58 Å². The van der Waals surface area contributed by atoms with Crippen LogP contribution in [0.1, 0.15) is 21.7 Å². The van der Waals surface area contributed by atoms with Gasteiger partial charge >= 0.3 is 5.97 Å². The van der Waals surface area contributed by atoms with Crippen molar-refractivity contribution in [1.82, 2.24) is 4.98 Å². The topological polar surface area (TPSA) is 39.2 Å². The summed E-state index contributed by atoms with van der Waals surface area (Å²) in [6.45, 7) is 5.43. The van der Waals surface area contributed by atoms with Gasteiger partial charge in [-0.3, -0.25) is 4.98 Å². The minimum Gasteiger partial charge on any atom is -0.465 e. The molecule has 0 fully saturated rings. The monoisotopic (exact) mass is 177 g/mol. The van der Waals surface area contributed by atoms with Gasteiger partial charge in [0.2, 0.25) is 0 Å². The van der Waals surface area contributed by atoms with Crippen LogP contribution in [0.25, 0.3) is 6.08 Å². The third kappa shape index (κ3) is 1.93. The Morgan fingerprint density at radius 3 is 2.85 bits per heavy atom. The smallest absolute Gasteiger partial charge is 0.340 e. The highest BCUT2D eigenvalue weighted by Gasteiger charge is 2.10. The van der Waals surface area contributed by atoms with E-state index in [1.165, 1.54) is 7.11 Å². The van der Waals surface area contributed by atoms with Crippen LogP contribution in [0.15, 0.2) is 18.7 Å². The Bertz CT molecular complexity index is 345. The summed E-state index contributed by atoms with van der Waals surface area (Å²) in [5.41, 5.74) is 1.86. The van der Waals surface area contributed by atoms with Crippen LogP contribution in [0.3, 0.4) is 0 Å². The molecule has 1 heterocycles. The highest BCUT2D eigenvalue weighted by Crippen LogP contribution is 2.09. The van der Waals surface area contributed by atoms with Crippen molar-refractivity contribution in [2.75, 3.05) is 7.11 Å². The van der Waals surface area contributed by atoms with Crippen LogP contribution in [-0.2, 0) is 4.74 Å². The van der Waals surface area contributed by atoms with Crippen LogP contribution in [0.2, 0.25) is 0 Å². The number of pyridine rings is 1. The van der Waals surface area contributed by atoms with Gasteiger partial charge in [-0.25, -0.2) is 4.79 Å². The lowest BCUT2D eigenvalue weighted by Gasteiger charge is -2.03. The van der Waals surface area contributed by atoms with Crippen molar-refractivity contribution in [2.45, 2.75) is 6.92 Å². The molecule has 13 heavy (non-hydrogen) atoms. The van der Waals surface area contributed by atoms with E-state index in [0.29, 0.717) is 11.3 Å². The molecular weight excluding hydrogens is 166 g/mol. The maximum atomic E-state index is 11.2. The van der Waals surface area contributed by atoms with E-state index < -0.39 is 0 Å². The fourth-order valence-corrected chi connectivity index (χ4v) is 1.01. The van der Waals surface area contributed by atoms with Gasteiger partial charge in [0.05, 0.1) is 18.4 Å². The van der Waals surface area contributed by atoms with E-state index in [2.05, 4.69) is 16.3 Å². The van der Waals surface area contributed by atoms with Crippen molar-refractivity contribution >= 4 is 12.0 Å². The quantitative estimate of drug-likeness (QED) is 0.647. The number of carbonyl (C=O) groups is 1. The van der Waals surface area contributed by atoms with Gasteiger partial charge in [-0.2, -0.15) is 0 Å². The number of carbonyl (C=O) groups excluding carboxylic acids is 1. The lowest BCUT2D eigenvalue weighted by molar-refractivity contribution is 0.0600. The SMILES string of the molecule is C=Cc1nc(C)ccc1C(=O)OC. The molecule has 0 aromatic carbocycles. The molecule has 0 N–H and O–H groups in total. The van der Waals surface area contributed by atoms with Gasteiger partial charge in [-0.15, -0.1) is 0 Å². The zero-order valence-electron chi connectivity index (χ0n) is 7.70. The summed E-state index contributed by atoms with van der Waals surface area (Å²) in [6.07, 6.45) is 1.54. The van der Waals surface area contributed by atoms with Crippen LogP contribution in [-0.4, -0.2) is 18.1 Å². The third-order valence-electron chi connectivity index (χ3n) is 1.66. The number of methoxy groups -OCH3 is 1. The Hall–Kier alpha value is -1.64. The van der Waals surface area contributed by atoms with Gasteiger partial charge < -0.3 is 4.74 Å². The minimum atomic E-state index is -0.387. The van der Waals surface area contributed by atoms with Crippen molar-refractivity contribution in [2.24, 2.45) is 0 Å². The maximum Gasteiger partial charge on any atom is 0.340 e. The van der Waals surface area contributed by atoms with E-state index in [4.69, 9.17) is 0 Å². The minimum absolute atomic E-state index is 0.387. The van der Waals surface area contributed by atoms with Gasteiger partial charge in [0.15, 0.2) is 0 Å². The second-order valence-corrected chi connectivity index (χ2v) is 2.58. The van der Waals surface area contributed by atoms with E-state index >= 15 is 0 Å². The standard InChI is InChI=1S/C10H11NO2/c1-4-9-8(10(12)13-3)6-5-7(2)11-9/h4-6H,1H2,2-3H3. The molecule has 3 nitrogen and oxygen atoms in total. The molecule has 0 aliphatic rings. The van der Waals surface area contributed by atoms with Crippen LogP contribution < -0.4 is 0 Å². The average molecular weight is 177 g/mol. The number of esters is 1. The zero-order chi connectivity index (χ0) is 9.84. The summed E-state index contributed by atoms with van der Waals surface area (Å²) in [5, 5.41) is 0. The molecule has 3 heteroatoms. The van der Waals surface area contributed by atoms with Gasteiger partial charge in [-0.05, 0) is 25.1 Å². The summed E-state index contributed by atoms with van der Waals surface area (Å²) in [7, 11) is 1.34. The lowest BCUT2D eigenvalue weighted by atomic mass is 10.2. The Labute approximate surface area is 77.1 Å². The Kier molecular flexibility index (Phi) is 2.80. The summed E-state index contributed by atoms with van der Waals surface area (Å²) in [6, 6.07) is 3.45. The molecular formula is C10H11NO2. The highest BCUT2D eigenvalue weighted by molar-refractivity contribution is 5.92. The van der Waals surface area contributed by atoms with Crippen molar-refractivity contribution in [3.63, 3.8) is 0 Å². The van der Waals surface area contributed by atoms with Crippen molar-refractivity contribution < 1.29 is 9.53 Å². The number of aryl methyl sites for hydroxylation is 1. The molecule has 0 saturated carbocycles. The molecule has 0 saturated heterocycles. The summed E-state index contributed by atoms with van der Waals surface area (Å²) >= 11 is 0. The predicted octanol–water partition coefficient (Wildman–Crippen LogP) is 1.82. The van der Waals surface area contributed by atoms with E-state index in [1.807, 2.05) is 6.92 Å². The van der Waals surface area contributed by atoms with E-state index in [1.54, 1.807) is 18.2 Å². The largest absolute Gasteiger partial charge is 0.465 e. The number of aromatic nitrogens is 1. The molecule has 0 unspecified atom stereocenters. The van der Waals surface area contributed by atoms with Crippen LogP contribution in [0.5, 0.6) is 0 Å². The van der Waals surface area contributed by atoms with E-state index in [0.717, 1.165) is 5.69 Å². The van der Waals surface area contributed by atoms with Gasteiger partial charge in [0, 0.05) is 5.69 Å². The maximum absolute atomic E-state index is 11.2. The zero-order valence-corrected chi connectivity index (χ0v) is 7.70. The van der Waals surface area contributed by atoms with Gasteiger partial charge in [0.25, 0.3) is 0 Å². The third-order valence-corrected chi connectivity index (χ3v) is 1.66. The summed E-state index contributed by atoms with van der Waals surface area (Å²) in [4.78, 5) is 15.3. The summed E-state index contributed by atoms with van der Waals surface area (Å²) in [5.74, 6) is -0.387. The Morgan fingerprint density at radius 1 is 1.62 bits per heavy atom. The summed E-state index contributed by atoms with van der Waals surface area (Å²) < 4.78 is 4.59. The molecule has 0 bridgehead atoms. The van der Waals surface area contributed by atoms with Crippen LogP contribution in [0, 0.1) is 6.92 Å². The molecule has 0 aliphatic heterocycles. The highest BCUT2D eigenvalue weighted by atomic mass is 16.5. The first kappa shape index (κ1) is 9.45. The molecule has 68 valence electrons. The Balaban J connectivity index is 3.20. The normalized spacial score (nSPS) is 9.38. The molecule has 1 aromatic rings. The second kappa shape index (κ2) is 3.85. The number of rotatable bonds is 2. The van der Waals surface area contributed by atoms with Crippen molar-refractivity contribution in [3.8, 4) is 0 Å². The first-order valence-corrected chi connectivity index (χ1v) is 3.87. The fraction of sp³-hybridized carbons (Fsp3) is 0.200. The fourth-order valence-electron chi connectivity index (χ4n) is 1.01. The second-order valence-electron chi connectivity index (χ2n) is 2.58. The number of ether oxygens (including phenoxy) is 1. The van der Waals surface area contributed by atoms with Crippen LogP contribution in [0.4, 0.5) is 0 Å².